The summed E-state index contributed by atoms with van der Waals surface area (Å²) < 4.78 is 78.0. The number of nitrogens with one attached hydrogen (secondary N) is 2. The van der Waals surface area contributed by atoms with Crippen molar-refractivity contribution in [1.82, 2.24) is 10.0 Å². The van der Waals surface area contributed by atoms with Gasteiger partial charge in [-0.15, -0.1) is 0 Å². The van der Waals surface area contributed by atoms with Crippen LogP contribution in [0.1, 0.15) is 12.5 Å². The van der Waals surface area contributed by atoms with Crippen molar-refractivity contribution in [3.05, 3.63) is 59.2 Å². The highest BCUT2D eigenvalue weighted by atomic mass is 32.2. The van der Waals surface area contributed by atoms with Gasteiger partial charge in [-0.05, 0) is 55.0 Å². The molecule has 0 aliphatic carbocycles. The van der Waals surface area contributed by atoms with Gasteiger partial charge in [0.25, 0.3) is 5.91 Å². The predicted octanol–water partition coefficient (Wildman–Crippen LogP) is 0.0791. The number of carbonyl (C=O) groups excluding carboxylic acids is 1. The lowest BCUT2D eigenvalue weighted by atomic mass is 10.1. The van der Waals surface area contributed by atoms with Crippen LogP contribution >= 0.6 is 0 Å². The molecule has 0 aromatic heterocycles. The fourth-order valence-corrected chi connectivity index (χ4v) is 4.27. The summed E-state index contributed by atoms with van der Waals surface area (Å²) in [6, 6.07) is 6.86. The zero-order valence-corrected chi connectivity index (χ0v) is 24.4. The van der Waals surface area contributed by atoms with E-state index in [0.717, 1.165) is 12.1 Å². The van der Waals surface area contributed by atoms with Crippen LogP contribution in [0.4, 0.5) is 8.78 Å². The van der Waals surface area contributed by atoms with Crippen molar-refractivity contribution in [2.45, 2.75) is 18.1 Å². The lowest BCUT2D eigenvalue weighted by Gasteiger charge is -2.11. The fraction of sp³-hybridized carbons (Fsp3) is 0.385. The molecule has 238 valence electrons. The molecule has 1 amide bonds. The van der Waals surface area contributed by atoms with Crippen LogP contribution in [-0.2, 0) is 29.0 Å². The third kappa shape index (κ3) is 13.5. The number of benzene rings is 2. The van der Waals surface area contributed by atoms with Crippen molar-refractivity contribution in [2.24, 2.45) is 27.9 Å². The molecule has 2 aromatic rings. The largest absolute Gasteiger partial charge is 0.451 e. The van der Waals surface area contributed by atoms with Gasteiger partial charge < -0.3 is 41.9 Å². The van der Waals surface area contributed by atoms with Crippen molar-refractivity contribution in [3.63, 3.8) is 0 Å². The van der Waals surface area contributed by atoms with Crippen LogP contribution < -0.4 is 37.7 Å². The number of guanidine groups is 1. The molecule has 0 aliphatic rings. The first-order valence-corrected chi connectivity index (χ1v) is 14.4. The second-order valence-corrected chi connectivity index (χ2v) is 10.5. The number of carbonyl (C=O) groups is 1. The van der Waals surface area contributed by atoms with Gasteiger partial charge in [-0.3, -0.25) is 10.1 Å². The van der Waals surface area contributed by atoms with E-state index in [1.54, 1.807) is 0 Å². The number of nitrogens with two attached hydrogens (primary N) is 4. The van der Waals surface area contributed by atoms with Gasteiger partial charge in [-0.2, -0.15) is 4.99 Å². The highest BCUT2D eigenvalue weighted by Gasteiger charge is 2.17. The first-order chi connectivity index (χ1) is 20.4. The molecule has 17 heteroatoms. The Morgan fingerprint density at radius 3 is 2.00 bits per heavy atom. The van der Waals surface area contributed by atoms with Crippen LogP contribution in [0.25, 0.3) is 6.08 Å². The minimum absolute atomic E-state index is 0.00816. The van der Waals surface area contributed by atoms with E-state index < -0.39 is 45.6 Å². The first-order valence-electron chi connectivity index (χ1n) is 13.0. The number of halogens is 2. The lowest BCUT2D eigenvalue weighted by Crippen LogP contribution is -2.46. The lowest BCUT2D eigenvalue weighted by molar-refractivity contribution is -0.114. The van der Waals surface area contributed by atoms with E-state index in [-0.39, 0.29) is 41.5 Å². The van der Waals surface area contributed by atoms with E-state index in [1.165, 1.54) is 37.3 Å². The second-order valence-electron chi connectivity index (χ2n) is 8.77. The minimum Gasteiger partial charge on any atom is -0.451 e. The standard InChI is InChI=1S/C26H37F2N7O7S/c1-17(24(36)35-26(31)32)14-18-15-21(27)23(22(28)16-18)42-19-2-4-20(5-3-19)43(37,38)34-7-9-40-11-13-41-12-10-39-8-6-33-25(29)30/h2-5,14-16,25,33-34H,6-13,29-30H2,1H3,(H4,31,32,35,36)/b17-14+. The quantitative estimate of drug-likeness (QED) is 0.0399. The van der Waals surface area contributed by atoms with Gasteiger partial charge in [0.15, 0.2) is 23.3 Å². The predicted molar refractivity (Wildman–Crippen MR) is 155 cm³/mol. The van der Waals surface area contributed by atoms with E-state index in [4.69, 9.17) is 41.9 Å². The summed E-state index contributed by atoms with van der Waals surface area (Å²) in [5.74, 6) is -4.03. The third-order valence-electron chi connectivity index (χ3n) is 5.23. The van der Waals surface area contributed by atoms with Crippen molar-refractivity contribution >= 4 is 28.0 Å². The Hall–Kier alpha value is -3.55. The molecule has 0 spiro atoms. The van der Waals surface area contributed by atoms with E-state index in [1.807, 2.05) is 0 Å². The van der Waals surface area contributed by atoms with Gasteiger partial charge in [0.2, 0.25) is 10.0 Å². The van der Waals surface area contributed by atoms with E-state index >= 15 is 0 Å². The Kier molecular flexibility index (Phi) is 15.1. The smallest absolute Gasteiger partial charge is 0.275 e. The molecule has 0 saturated heterocycles. The SMILES string of the molecule is C/C(=C\c1cc(F)c(Oc2ccc(S(=O)(=O)NCCOCCOCCOCCNC(N)N)cc2)c(F)c1)C(=O)N=C(N)N. The maximum absolute atomic E-state index is 14.6. The molecule has 10 N–H and O–H groups in total. The van der Waals surface area contributed by atoms with Crippen LogP contribution in [0.3, 0.4) is 0 Å². The molecular weight excluding hydrogens is 592 g/mol. The fourth-order valence-electron chi connectivity index (χ4n) is 3.25. The molecular formula is C26H37F2N7O7S. The summed E-state index contributed by atoms with van der Waals surface area (Å²) >= 11 is 0. The summed E-state index contributed by atoms with van der Waals surface area (Å²) in [6.45, 7) is 3.80. The number of hydrogen-bond donors (Lipinski definition) is 6. The summed E-state index contributed by atoms with van der Waals surface area (Å²) in [7, 11) is -3.88. The average molecular weight is 630 g/mol. The molecule has 0 unspecified atom stereocenters. The monoisotopic (exact) mass is 629 g/mol. The molecule has 43 heavy (non-hydrogen) atoms. The van der Waals surface area contributed by atoms with Gasteiger partial charge in [0.1, 0.15) is 12.0 Å². The van der Waals surface area contributed by atoms with Crippen molar-refractivity contribution < 1.29 is 40.9 Å². The highest BCUT2D eigenvalue weighted by molar-refractivity contribution is 7.89. The molecule has 2 rings (SSSR count). The van der Waals surface area contributed by atoms with E-state index in [9.17, 15) is 22.0 Å². The Morgan fingerprint density at radius 2 is 1.47 bits per heavy atom. The van der Waals surface area contributed by atoms with Crippen molar-refractivity contribution in [2.75, 3.05) is 52.7 Å². The van der Waals surface area contributed by atoms with E-state index in [0.29, 0.717) is 33.0 Å². The van der Waals surface area contributed by atoms with E-state index in [2.05, 4.69) is 15.0 Å². The second kappa shape index (κ2) is 18.2. The van der Waals surface area contributed by atoms with Crippen LogP contribution in [0.5, 0.6) is 11.5 Å². The molecule has 0 radical (unpaired) electrons. The number of ether oxygens (including phenoxy) is 4. The summed E-state index contributed by atoms with van der Waals surface area (Å²) in [5, 5.41) is 2.80. The normalized spacial score (nSPS) is 12.0. The number of nitrogens with zero attached hydrogens (tertiary/aromatic N) is 1. The number of amides is 1. The van der Waals surface area contributed by atoms with Gasteiger partial charge in [0.05, 0.1) is 44.5 Å². The number of hydrogen-bond acceptors (Lipinski definition) is 10. The maximum atomic E-state index is 14.6. The van der Waals surface area contributed by atoms with Crippen molar-refractivity contribution in [3.8, 4) is 11.5 Å². The molecule has 2 aromatic carbocycles. The summed E-state index contributed by atoms with van der Waals surface area (Å²) in [6.07, 6.45) is 0.617. The molecule has 0 saturated carbocycles. The molecule has 0 bridgehead atoms. The Bertz CT molecular complexity index is 1330. The Morgan fingerprint density at radius 1 is 0.930 bits per heavy atom. The Balaban J connectivity index is 1.78. The molecule has 0 atom stereocenters. The molecule has 0 heterocycles. The molecule has 0 aliphatic heterocycles. The zero-order chi connectivity index (χ0) is 31.8. The topological polar surface area (TPSA) is 229 Å². The number of aliphatic imine (C=N–C) groups is 1. The zero-order valence-electron chi connectivity index (χ0n) is 23.6. The van der Waals surface area contributed by atoms with Crippen LogP contribution in [0, 0.1) is 11.6 Å². The average Bonchev–Trinajstić information content (AvgIpc) is 2.93. The van der Waals surface area contributed by atoms with Crippen LogP contribution in [0.2, 0.25) is 0 Å². The van der Waals surface area contributed by atoms with Crippen LogP contribution in [0.15, 0.2) is 51.9 Å². The van der Waals surface area contributed by atoms with Crippen molar-refractivity contribution in [1.29, 1.82) is 0 Å². The first kappa shape index (κ1) is 35.6. The summed E-state index contributed by atoms with van der Waals surface area (Å²) in [4.78, 5) is 15.1. The number of rotatable bonds is 19. The Labute approximate surface area is 248 Å². The third-order valence-corrected chi connectivity index (χ3v) is 6.71. The molecule has 0 fully saturated rings. The van der Waals surface area contributed by atoms with Gasteiger partial charge in [-0.25, -0.2) is 21.9 Å². The van der Waals surface area contributed by atoms with Gasteiger partial charge >= 0.3 is 0 Å². The summed E-state index contributed by atoms with van der Waals surface area (Å²) in [5.41, 5.74) is 21.1. The van der Waals surface area contributed by atoms with Crippen LogP contribution in [-0.4, -0.2) is 79.3 Å². The maximum Gasteiger partial charge on any atom is 0.275 e. The minimum atomic E-state index is -3.88. The highest BCUT2D eigenvalue weighted by Crippen LogP contribution is 2.30. The number of sulfonamides is 1. The van der Waals surface area contributed by atoms with Gasteiger partial charge in [-0.1, -0.05) is 0 Å². The molecule has 14 nitrogen and oxygen atoms in total. The van der Waals surface area contributed by atoms with Gasteiger partial charge in [0, 0.05) is 18.7 Å².